The van der Waals surface area contributed by atoms with Gasteiger partial charge in [-0.3, -0.25) is 9.59 Å². The minimum absolute atomic E-state index is 0.105. The first kappa shape index (κ1) is 23.2. The molecular weight excluding hydrogens is 386 g/mol. The Morgan fingerprint density at radius 1 is 1.23 bits per heavy atom. The Kier molecular flexibility index (Phi) is 7.77. The second kappa shape index (κ2) is 10.1. The van der Waals surface area contributed by atoms with Gasteiger partial charge >= 0.3 is 5.97 Å². The number of nitrogens with one attached hydrogen (secondary N) is 3. The van der Waals surface area contributed by atoms with E-state index in [0.29, 0.717) is 34.0 Å². The van der Waals surface area contributed by atoms with Gasteiger partial charge < -0.3 is 24.7 Å². The number of aromatic amines is 1. The Hall–Kier alpha value is -3.13. The van der Waals surface area contributed by atoms with Crippen LogP contribution in [0.15, 0.2) is 24.3 Å². The number of quaternary nitrogens is 1. The quantitative estimate of drug-likeness (QED) is 0.425. The smallest absolute Gasteiger partial charge is 0.340 e. The van der Waals surface area contributed by atoms with Crippen LogP contribution in [0.4, 0.5) is 5.69 Å². The Morgan fingerprint density at radius 2 is 1.93 bits per heavy atom. The van der Waals surface area contributed by atoms with Crippen molar-refractivity contribution in [2.24, 2.45) is 0 Å². The molecule has 0 radical (unpaired) electrons. The number of likely N-dealkylation sites (N-methyl/N-ethyl adjacent to an activating group) is 1. The number of aryl methyl sites for hydroxylation is 1. The number of ether oxygens (including phenoxy) is 2. The molecule has 8 heteroatoms. The first-order chi connectivity index (χ1) is 14.2. The van der Waals surface area contributed by atoms with Crippen molar-refractivity contribution in [3.05, 3.63) is 46.8 Å². The molecule has 0 saturated heterocycles. The number of esters is 1. The number of rotatable bonds is 9. The molecule has 1 aromatic carbocycles. The predicted molar refractivity (Wildman–Crippen MR) is 113 cm³/mol. The third kappa shape index (κ3) is 5.27. The molecule has 30 heavy (non-hydrogen) atoms. The van der Waals surface area contributed by atoms with E-state index in [1.807, 2.05) is 0 Å². The van der Waals surface area contributed by atoms with Gasteiger partial charge in [-0.2, -0.15) is 0 Å². The number of benzene rings is 1. The second-order valence-corrected chi connectivity index (χ2v) is 7.23. The van der Waals surface area contributed by atoms with Crippen molar-refractivity contribution in [1.29, 1.82) is 0 Å². The van der Waals surface area contributed by atoms with Crippen molar-refractivity contribution in [2.45, 2.75) is 33.7 Å². The molecular formula is C22H30N3O5+. The van der Waals surface area contributed by atoms with Gasteiger partial charge in [0.2, 0.25) is 5.78 Å². The largest absolute Gasteiger partial charge is 0.497 e. The summed E-state index contributed by atoms with van der Waals surface area (Å²) in [7, 11) is 3.34. The van der Waals surface area contributed by atoms with E-state index in [0.717, 1.165) is 4.90 Å². The summed E-state index contributed by atoms with van der Waals surface area (Å²) in [5.41, 5.74) is 2.55. The van der Waals surface area contributed by atoms with Crippen LogP contribution in [0.3, 0.4) is 0 Å². The van der Waals surface area contributed by atoms with E-state index >= 15 is 0 Å². The maximum atomic E-state index is 13.0. The number of amides is 1. The molecule has 0 bridgehead atoms. The van der Waals surface area contributed by atoms with Crippen molar-refractivity contribution in [2.75, 3.05) is 32.6 Å². The van der Waals surface area contributed by atoms with E-state index in [1.54, 1.807) is 66.1 Å². The molecule has 8 nitrogen and oxygen atoms in total. The summed E-state index contributed by atoms with van der Waals surface area (Å²) >= 11 is 0. The molecule has 1 unspecified atom stereocenters. The lowest BCUT2D eigenvalue weighted by Crippen LogP contribution is -3.14. The van der Waals surface area contributed by atoms with Gasteiger partial charge in [-0.05, 0) is 45.4 Å². The number of hydrogen-bond acceptors (Lipinski definition) is 5. The monoisotopic (exact) mass is 416 g/mol. The molecule has 162 valence electrons. The normalized spacial score (nSPS) is 12.7. The van der Waals surface area contributed by atoms with Gasteiger partial charge in [0.1, 0.15) is 5.75 Å². The topological polar surface area (TPSA) is 102 Å². The Morgan fingerprint density at radius 3 is 2.57 bits per heavy atom. The third-order valence-electron chi connectivity index (χ3n) is 5.09. The van der Waals surface area contributed by atoms with Crippen LogP contribution in [0, 0.1) is 13.8 Å². The van der Waals surface area contributed by atoms with Gasteiger partial charge in [0.15, 0.2) is 12.6 Å². The fourth-order valence-electron chi connectivity index (χ4n) is 3.26. The summed E-state index contributed by atoms with van der Waals surface area (Å²) in [6.45, 7) is 7.32. The summed E-state index contributed by atoms with van der Waals surface area (Å²) in [5, 5.41) is 2.81. The Balaban J connectivity index is 2.07. The lowest BCUT2D eigenvalue weighted by molar-refractivity contribution is -0.885. The van der Waals surface area contributed by atoms with Gasteiger partial charge in [0, 0.05) is 17.4 Å². The summed E-state index contributed by atoms with van der Waals surface area (Å²) < 4.78 is 10.2. The fourth-order valence-corrected chi connectivity index (χ4v) is 3.26. The van der Waals surface area contributed by atoms with Crippen molar-refractivity contribution in [1.82, 2.24) is 4.98 Å². The summed E-state index contributed by atoms with van der Waals surface area (Å²) in [6.07, 6.45) is 0. The number of Topliss-reactive ketones (excluding diaryl/α,β-unsaturated/α-hetero) is 1. The maximum absolute atomic E-state index is 13.0. The molecule has 0 aliphatic carbocycles. The van der Waals surface area contributed by atoms with E-state index in [2.05, 4.69) is 10.3 Å². The Labute approximate surface area is 176 Å². The Bertz CT molecular complexity index is 935. The van der Waals surface area contributed by atoms with Gasteiger partial charge in [-0.15, -0.1) is 0 Å². The van der Waals surface area contributed by atoms with Crippen LogP contribution in [-0.4, -0.2) is 56.0 Å². The molecule has 1 heterocycles. The van der Waals surface area contributed by atoms with Gasteiger partial charge in [-0.1, -0.05) is 6.07 Å². The van der Waals surface area contributed by atoms with Crippen molar-refractivity contribution in [3.8, 4) is 5.75 Å². The van der Waals surface area contributed by atoms with Crippen LogP contribution < -0.4 is 15.0 Å². The van der Waals surface area contributed by atoms with Crippen molar-refractivity contribution >= 4 is 23.3 Å². The number of ketones is 1. The zero-order valence-corrected chi connectivity index (χ0v) is 18.3. The molecule has 2 aromatic rings. The molecule has 0 aliphatic heterocycles. The SMILES string of the molecule is CCOC(=O)c1c(C)[nH]c(C(=O)[C@H](C)[NH+](C)CC(=O)Nc2cccc(OC)c2)c1C. The van der Waals surface area contributed by atoms with Crippen molar-refractivity contribution in [3.63, 3.8) is 0 Å². The molecule has 0 spiro atoms. The molecule has 2 rings (SSSR count). The van der Waals surface area contributed by atoms with Gasteiger partial charge in [0.05, 0.1) is 32.0 Å². The summed E-state index contributed by atoms with van der Waals surface area (Å²) in [6, 6.07) is 6.58. The fraction of sp³-hybridized carbons (Fsp3) is 0.409. The average Bonchev–Trinajstić information content (AvgIpc) is 3.01. The van der Waals surface area contributed by atoms with Crippen LogP contribution >= 0.6 is 0 Å². The van der Waals surface area contributed by atoms with E-state index < -0.39 is 12.0 Å². The lowest BCUT2D eigenvalue weighted by atomic mass is 10.0. The zero-order chi connectivity index (χ0) is 22.4. The van der Waals surface area contributed by atoms with Crippen LogP contribution in [0.5, 0.6) is 5.75 Å². The number of H-pyrrole nitrogens is 1. The number of methoxy groups -OCH3 is 1. The highest BCUT2D eigenvalue weighted by atomic mass is 16.5. The number of anilines is 1. The number of carbonyl (C=O) groups excluding carboxylic acids is 3. The van der Waals surface area contributed by atoms with Gasteiger partial charge in [-0.25, -0.2) is 4.79 Å². The molecule has 0 aliphatic rings. The second-order valence-electron chi connectivity index (χ2n) is 7.23. The first-order valence-electron chi connectivity index (χ1n) is 9.86. The molecule has 3 N–H and O–H groups in total. The predicted octanol–water partition coefficient (Wildman–Crippen LogP) is 1.54. The highest BCUT2D eigenvalue weighted by Gasteiger charge is 2.30. The summed E-state index contributed by atoms with van der Waals surface area (Å²) in [5.74, 6) is -0.189. The van der Waals surface area contributed by atoms with E-state index in [1.165, 1.54) is 0 Å². The molecule has 1 amide bonds. The minimum Gasteiger partial charge on any atom is -0.497 e. The highest BCUT2D eigenvalue weighted by Crippen LogP contribution is 2.20. The number of carbonyl (C=O) groups is 3. The number of aromatic nitrogens is 1. The first-order valence-corrected chi connectivity index (χ1v) is 9.86. The van der Waals surface area contributed by atoms with Crippen LogP contribution in [-0.2, 0) is 9.53 Å². The third-order valence-corrected chi connectivity index (χ3v) is 5.09. The zero-order valence-electron chi connectivity index (χ0n) is 18.3. The highest BCUT2D eigenvalue weighted by molar-refractivity contribution is 6.03. The average molecular weight is 416 g/mol. The molecule has 1 aromatic heterocycles. The maximum Gasteiger partial charge on any atom is 0.340 e. The van der Waals surface area contributed by atoms with Crippen LogP contribution in [0.25, 0.3) is 0 Å². The van der Waals surface area contributed by atoms with E-state index in [9.17, 15) is 14.4 Å². The minimum atomic E-state index is -0.493. The van der Waals surface area contributed by atoms with E-state index in [4.69, 9.17) is 9.47 Å². The molecule has 2 atom stereocenters. The summed E-state index contributed by atoms with van der Waals surface area (Å²) in [4.78, 5) is 41.4. The standard InChI is InChI=1S/C22H29N3O5/c1-7-30-22(28)19-13(2)20(23-14(19)3)21(27)15(4)25(5)12-18(26)24-16-9-8-10-17(11-16)29-6/h8-11,15,23H,7,12H2,1-6H3,(H,24,26)/p+1/t15-/m0/s1. The molecule has 0 saturated carbocycles. The number of hydrogen-bond donors (Lipinski definition) is 3. The van der Waals surface area contributed by atoms with E-state index in [-0.39, 0.29) is 24.8 Å². The van der Waals surface area contributed by atoms with Crippen LogP contribution in [0.2, 0.25) is 0 Å². The van der Waals surface area contributed by atoms with Gasteiger partial charge in [0.25, 0.3) is 5.91 Å². The van der Waals surface area contributed by atoms with Crippen LogP contribution in [0.1, 0.15) is 46.0 Å². The lowest BCUT2D eigenvalue weighted by Gasteiger charge is -2.20. The molecule has 0 fully saturated rings. The van der Waals surface area contributed by atoms with Crippen molar-refractivity contribution < 1.29 is 28.8 Å².